The zero-order valence-electron chi connectivity index (χ0n) is 17.6. The Morgan fingerprint density at radius 3 is 2.67 bits per heavy atom. The van der Waals surface area contributed by atoms with Crippen LogP contribution in [-0.2, 0) is 13.0 Å². The van der Waals surface area contributed by atoms with Crippen LogP contribution < -0.4 is 0 Å². The van der Waals surface area contributed by atoms with Crippen molar-refractivity contribution in [3.8, 4) is 22.6 Å². The zero-order valence-corrected chi connectivity index (χ0v) is 17.6. The van der Waals surface area contributed by atoms with E-state index in [-0.39, 0.29) is 0 Å². The fraction of sp³-hybridized carbons (Fsp3) is 0.364. The molecule has 3 aromatic heterocycles. The molecule has 0 saturated carbocycles. The molecule has 0 unspecified atom stereocenters. The molecule has 0 radical (unpaired) electrons. The van der Waals surface area contributed by atoms with Gasteiger partial charge in [0.15, 0.2) is 5.82 Å². The highest BCUT2D eigenvalue weighted by Crippen LogP contribution is 2.31. The fourth-order valence-corrected chi connectivity index (χ4v) is 3.43. The number of tetrazole rings is 1. The number of aryl methyl sites for hydroxylation is 1. The first-order valence-electron chi connectivity index (χ1n) is 10.4. The molecule has 4 rings (SSSR count). The monoisotopic (exact) mass is 402 g/mol. The van der Waals surface area contributed by atoms with Crippen molar-refractivity contribution in [1.29, 1.82) is 0 Å². The molecule has 0 fully saturated rings. The first-order chi connectivity index (χ1) is 14.7. The number of nitrogens with one attached hydrogen (secondary N) is 1. The van der Waals surface area contributed by atoms with Crippen LogP contribution in [0.4, 0.5) is 0 Å². The minimum atomic E-state index is 0.296. The number of hydrogen-bond donors (Lipinski definition) is 1. The molecule has 0 spiro atoms. The van der Waals surface area contributed by atoms with Crippen molar-refractivity contribution in [1.82, 2.24) is 40.4 Å². The molecule has 8 heteroatoms. The smallest absolute Gasteiger partial charge is 0.223 e. The van der Waals surface area contributed by atoms with E-state index in [2.05, 4.69) is 64.6 Å². The van der Waals surface area contributed by atoms with Crippen molar-refractivity contribution in [3.05, 3.63) is 59.8 Å². The quantitative estimate of drug-likeness (QED) is 0.478. The Hall–Kier alpha value is -3.42. The standard InChI is InChI=1S/C22H26N8/c1-4-5-12-19-24-21(15(2)3)27-30(19)14-16-9-6-7-10-17(16)18-11-8-13-23-20(18)22-25-28-29-26-22/h6-11,13,15H,4-5,12,14H2,1-3H3,(H,25,26,28,29). The Morgan fingerprint density at radius 2 is 1.90 bits per heavy atom. The molecule has 0 amide bonds. The van der Waals surface area contributed by atoms with Crippen LogP contribution in [0.15, 0.2) is 42.6 Å². The number of benzene rings is 1. The topological polar surface area (TPSA) is 98.1 Å². The molecule has 0 bridgehead atoms. The molecule has 0 saturated heterocycles. The second-order valence-corrected chi connectivity index (χ2v) is 7.59. The summed E-state index contributed by atoms with van der Waals surface area (Å²) in [5.74, 6) is 2.71. The predicted molar refractivity (Wildman–Crippen MR) is 115 cm³/mol. The molecular weight excluding hydrogens is 376 g/mol. The van der Waals surface area contributed by atoms with Crippen molar-refractivity contribution < 1.29 is 0 Å². The highest BCUT2D eigenvalue weighted by molar-refractivity contribution is 5.79. The van der Waals surface area contributed by atoms with Gasteiger partial charge in [-0.3, -0.25) is 4.98 Å². The molecule has 0 aliphatic carbocycles. The van der Waals surface area contributed by atoms with E-state index in [9.17, 15) is 0 Å². The van der Waals surface area contributed by atoms with Gasteiger partial charge in [0.05, 0.1) is 6.54 Å². The lowest BCUT2D eigenvalue weighted by Crippen LogP contribution is -2.08. The fourth-order valence-electron chi connectivity index (χ4n) is 3.43. The number of nitrogens with zero attached hydrogens (tertiary/aromatic N) is 7. The van der Waals surface area contributed by atoms with Gasteiger partial charge in [-0.15, -0.1) is 10.2 Å². The first-order valence-corrected chi connectivity index (χ1v) is 10.4. The van der Waals surface area contributed by atoms with Crippen LogP contribution in [0.2, 0.25) is 0 Å². The molecule has 30 heavy (non-hydrogen) atoms. The van der Waals surface area contributed by atoms with E-state index < -0.39 is 0 Å². The van der Waals surface area contributed by atoms with E-state index in [1.54, 1.807) is 6.20 Å². The summed E-state index contributed by atoms with van der Waals surface area (Å²) >= 11 is 0. The molecule has 1 aromatic carbocycles. The Kier molecular flexibility index (Phi) is 5.92. The summed E-state index contributed by atoms with van der Waals surface area (Å²) in [4.78, 5) is 9.32. The van der Waals surface area contributed by atoms with Crippen LogP contribution >= 0.6 is 0 Å². The maximum absolute atomic E-state index is 4.82. The minimum absolute atomic E-state index is 0.296. The number of unbranched alkanes of at least 4 members (excludes halogenated alkanes) is 1. The number of pyridine rings is 1. The first kappa shape index (κ1) is 19.9. The summed E-state index contributed by atoms with van der Waals surface area (Å²) in [6, 6.07) is 12.3. The Bertz CT molecular complexity index is 1100. The number of aromatic nitrogens is 8. The van der Waals surface area contributed by atoms with Gasteiger partial charge in [0, 0.05) is 24.1 Å². The van der Waals surface area contributed by atoms with Gasteiger partial charge >= 0.3 is 0 Å². The maximum atomic E-state index is 4.82. The van der Waals surface area contributed by atoms with Crippen LogP contribution in [0.25, 0.3) is 22.6 Å². The van der Waals surface area contributed by atoms with Gasteiger partial charge in [-0.1, -0.05) is 57.5 Å². The Morgan fingerprint density at radius 1 is 1.07 bits per heavy atom. The van der Waals surface area contributed by atoms with Gasteiger partial charge in [0.2, 0.25) is 5.82 Å². The normalized spacial score (nSPS) is 11.3. The van der Waals surface area contributed by atoms with Crippen LogP contribution in [0.3, 0.4) is 0 Å². The second-order valence-electron chi connectivity index (χ2n) is 7.59. The summed E-state index contributed by atoms with van der Waals surface area (Å²) < 4.78 is 2.05. The summed E-state index contributed by atoms with van der Waals surface area (Å²) in [5.41, 5.74) is 3.89. The molecular formula is C22H26N8. The van der Waals surface area contributed by atoms with Crippen molar-refractivity contribution >= 4 is 0 Å². The molecule has 0 atom stereocenters. The van der Waals surface area contributed by atoms with Crippen LogP contribution in [0.1, 0.15) is 56.7 Å². The lowest BCUT2D eigenvalue weighted by Gasteiger charge is -2.13. The average molecular weight is 403 g/mol. The minimum Gasteiger partial charge on any atom is -0.252 e. The molecule has 4 aromatic rings. The number of rotatable bonds is 8. The third kappa shape index (κ3) is 4.12. The third-order valence-corrected chi connectivity index (χ3v) is 5.03. The van der Waals surface area contributed by atoms with Crippen molar-refractivity contribution in [2.75, 3.05) is 0 Å². The van der Waals surface area contributed by atoms with Crippen molar-refractivity contribution in [2.24, 2.45) is 0 Å². The Labute approximate surface area is 175 Å². The average Bonchev–Trinajstić information content (AvgIpc) is 3.43. The zero-order chi connectivity index (χ0) is 20.9. The summed E-state index contributed by atoms with van der Waals surface area (Å²) in [6.07, 6.45) is 4.90. The molecule has 3 heterocycles. The van der Waals surface area contributed by atoms with E-state index in [0.29, 0.717) is 24.0 Å². The summed E-state index contributed by atoms with van der Waals surface area (Å²) in [5, 5.41) is 19.2. The van der Waals surface area contributed by atoms with Gasteiger partial charge in [0.1, 0.15) is 11.5 Å². The lowest BCUT2D eigenvalue weighted by molar-refractivity contribution is 0.611. The van der Waals surface area contributed by atoms with Gasteiger partial charge in [0.25, 0.3) is 0 Å². The van der Waals surface area contributed by atoms with Gasteiger partial charge in [-0.05, 0) is 28.8 Å². The van der Waals surface area contributed by atoms with E-state index >= 15 is 0 Å². The van der Waals surface area contributed by atoms with Crippen LogP contribution in [0.5, 0.6) is 0 Å². The van der Waals surface area contributed by atoms with Gasteiger partial charge < -0.3 is 0 Å². The molecule has 0 aliphatic rings. The number of hydrogen-bond acceptors (Lipinski definition) is 6. The molecule has 1 N–H and O–H groups in total. The van der Waals surface area contributed by atoms with Gasteiger partial charge in [-0.25, -0.2) is 9.67 Å². The second kappa shape index (κ2) is 8.94. The molecule has 0 aliphatic heterocycles. The maximum Gasteiger partial charge on any atom is 0.223 e. The lowest BCUT2D eigenvalue weighted by atomic mass is 9.98. The van der Waals surface area contributed by atoms with Crippen LogP contribution in [-0.4, -0.2) is 40.4 Å². The van der Waals surface area contributed by atoms with Crippen molar-refractivity contribution in [3.63, 3.8) is 0 Å². The largest absolute Gasteiger partial charge is 0.252 e. The third-order valence-electron chi connectivity index (χ3n) is 5.03. The SMILES string of the molecule is CCCCc1nc(C(C)C)nn1Cc1ccccc1-c1cccnc1-c1nn[nH]n1. The predicted octanol–water partition coefficient (Wildman–Crippen LogP) is 4.03. The Balaban J connectivity index is 1.75. The highest BCUT2D eigenvalue weighted by atomic mass is 15.5. The summed E-state index contributed by atoms with van der Waals surface area (Å²) in [6.45, 7) is 7.10. The van der Waals surface area contributed by atoms with E-state index in [1.165, 1.54) is 0 Å². The van der Waals surface area contributed by atoms with Crippen molar-refractivity contribution in [2.45, 2.75) is 52.5 Å². The highest BCUT2D eigenvalue weighted by Gasteiger charge is 2.17. The van der Waals surface area contributed by atoms with Crippen LogP contribution in [0, 0.1) is 0 Å². The number of aromatic amines is 1. The molecule has 8 nitrogen and oxygen atoms in total. The van der Waals surface area contributed by atoms with E-state index in [1.807, 2.05) is 22.9 Å². The summed E-state index contributed by atoms with van der Waals surface area (Å²) in [7, 11) is 0. The van der Waals surface area contributed by atoms with E-state index in [4.69, 9.17) is 10.1 Å². The molecule has 154 valence electrons. The van der Waals surface area contributed by atoms with E-state index in [0.717, 1.165) is 47.6 Å². The van der Waals surface area contributed by atoms with Gasteiger partial charge in [-0.2, -0.15) is 10.3 Å². The number of H-pyrrole nitrogens is 1.